The van der Waals surface area contributed by atoms with Crippen LogP contribution in [0.2, 0.25) is 0 Å². The third-order valence-corrected chi connectivity index (χ3v) is 3.60. The van der Waals surface area contributed by atoms with E-state index in [1.165, 1.54) is 0 Å². The minimum Gasteiger partial charge on any atom is -0.398 e. The lowest BCUT2D eigenvalue weighted by Gasteiger charge is -2.32. The molecule has 3 N–H and O–H groups in total. The Morgan fingerprint density at radius 3 is 2.28 bits per heavy atom. The number of anilines is 1. The van der Waals surface area contributed by atoms with Gasteiger partial charge in [0.15, 0.2) is 0 Å². The second kappa shape index (κ2) is 4.22. The van der Waals surface area contributed by atoms with Crippen LogP contribution in [0.3, 0.4) is 0 Å². The summed E-state index contributed by atoms with van der Waals surface area (Å²) in [5.74, 6) is 0.353. The van der Waals surface area contributed by atoms with E-state index in [9.17, 15) is 0 Å². The standard InChI is InChI=1S/C12H19BN2O3/c1-11(2)12(3,4)18-13(17-11)9-5-8(7-16)6-10(14)15-9/h5-6,16H,7H2,1-4H3,(H2,14,15). The summed E-state index contributed by atoms with van der Waals surface area (Å²) in [7, 11) is -0.552. The van der Waals surface area contributed by atoms with E-state index in [0.29, 0.717) is 17.0 Å². The molecule has 1 fully saturated rings. The van der Waals surface area contributed by atoms with Gasteiger partial charge in [-0.15, -0.1) is 0 Å². The molecule has 6 heteroatoms. The van der Waals surface area contributed by atoms with Gasteiger partial charge in [-0.25, -0.2) is 4.98 Å². The molecule has 2 heterocycles. The minimum atomic E-state index is -0.552. The van der Waals surface area contributed by atoms with Crippen molar-refractivity contribution >= 4 is 18.5 Å². The molecule has 0 unspecified atom stereocenters. The zero-order valence-electron chi connectivity index (χ0n) is 11.2. The molecule has 0 aromatic carbocycles. The first-order valence-corrected chi connectivity index (χ1v) is 5.98. The van der Waals surface area contributed by atoms with E-state index in [-0.39, 0.29) is 6.61 Å². The molecule has 98 valence electrons. The Labute approximate surface area is 107 Å². The molecule has 18 heavy (non-hydrogen) atoms. The van der Waals surface area contributed by atoms with Crippen LogP contribution in [0.15, 0.2) is 12.1 Å². The van der Waals surface area contributed by atoms with E-state index >= 15 is 0 Å². The number of nitrogens with two attached hydrogens (primary N) is 1. The van der Waals surface area contributed by atoms with Gasteiger partial charge < -0.3 is 20.1 Å². The number of hydrogen-bond acceptors (Lipinski definition) is 5. The zero-order valence-corrected chi connectivity index (χ0v) is 11.2. The van der Waals surface area contributed by atoms with Gasteiger partial charge in [-0.2, -0.15) is 0 Å². The van der Waals surface area contributed by atoms with Gasteiger partial charge in [-0.1, -0.05) is 0 Å². The summed E-state index contributed by atoms with van der Waals surface area (Å²) in [6.45, 7) is 7.83. The quantitative estimate of drug-likeness (QED) is 0.745. The molecule has 0 saturated carbocycles. The van der Waals surface area contributed by atoms with E-state index in [1.54, 1.807) is 12.1 Å². The number of pyridine rings is 1. The third-order valence-electron chi connectivity index (χ3n) is 3.60. The van der Waals surface area contributed by atoms with Crippen molar-refractivity contribution in [3.63, 3.8) is 0 Å². The van der Waals surface area contributed by atoms with Gasteiger partial charge in [-0.05, 0) is 45.4 Å². The van der Waals surface area contributed by atoms with Crippen LogP contribution in [0.25, 0.3) is 0 Å². The second-order valence-electron chi connectivity index (χ2n) is 5.57. The third kappa shape index (κ3) is 2.23. The van der Waals surface area contributed by atoms with Gasteiger partial charge in [0.05, 0.1) is 23.4 Å². The second-order valence-corrected chi connectivity index (χ2v) is 5.57. The number of hydrogen-bond donors (Lipinski definition) is 2. The summed E-state index contributed by atoms with van der Waals surface area (Å²) in [6.07, 6.45) is 0. The molecular weight excluding hydrogens is 231 g/mol. The normalized spacial score (nSPS) is 21.3. The van der Waals surface area contributed by atoms with E-state index in [4.69, 9.17) is 20.1 Å². The lowest BCUT2D eigenvalue weighted by molar-refractivity contribution is 0.00578. The topological polar surface area (TPSA) is 77.6 Å². The number of rotatable bonds is 2. The number of nitrogens with zero attached hydrogens (tertiary/aromatic N) is 1. The molecule has 1 aromatic rings. The van der Waals surface area contributed by atoms with Crippen LogP contribution >= 0.6 is 0 Å². The molecule has 0 spiro atoms. The highest BCUT2D eigenvalue weighted by atomic mass is 16.7. The van der Waals surface area contributed by atoms with Crippen LogP contribution < -0.4 is 11.3 Å². The summed E-state index contributed by atoms with van der Waals surface area (Å²) in [6, 6.07) is 3.38. The van der Waals surface area contributed by atoms with Crippen LogP contribution in [0.1, 0.15) is 33.3 Å². The maximum Gasteiger partial charge on any atom is 0.514 e. The molecule has 0 aliphatic carbocycles. The smallest absolute Gasteiger partial charge is 0.398 e. The average Bonchev–Trinajstić information content (AvgIpc) is 2.47. The fourth-order valence-corrected chi connectivity index (χ4v) is 1.81. The predicted octanol–water partition coefficient (Wildman–Crippen LogP) is 0.455. The first kappa shape index (κ1) is 13.3. The fourth-order valence-electron chi connectivity index (χ4n) is 1.81. The van der Waals surface area contributed by atoms with Crippen LogP contribution in [-0.2, 0) is 15.9 Å². The highest BCUT2D eigenvalue weighted by Gasteiger charge is 2.52. The van der Waals surface area contributed by atoms with Gasteiger partial charge in [0.2, 0.25) is 0 Å². The maximum atomic E-state index is 9.17. The highest BCUT2D eigenvalue weighted by Crippen LogP contribution is 2.36. The van der Waals surface area contributed by atoms with Crippen molar-refractivity contribution in [1.29, 1.82) is 0 Å². The van der Waals surface area contributed by atoms with Crippen molar-refractivity contribution in [2.75, 3.05) is 5.73 Å². The summed E-state index contributed by atoms with van der Waals surface area (Å²) < 4.78 is 11.8. The Balaban J connectivity index is 2.32. The van der Waals surface area contributed by atoms with Crippen molar-refractivity contribution < 1.29 is 14.4 Å². The average molecular weight is 250 g/mol. The summed E-state index contributed by atoms with van der Waals surface area (Å²) in [5, 5.41) is 9.17. The van der Waals surface area contributed by atoms with Gasteiger partial charge >= 0.3 is 7.12 Å². The number of nitrogen functional groups attached to an aromatic ring is 1. The molecule has 1 aliphatic rings. The van der Waals surface area contributed by atoms with Gasteiger partial charge in [0.1, 0.15) is 5.82 Å². The van der Waals surface area contributed by atoms with E-state index in [2.05, 4.69) is 4.98 Å². The largest absolute Gasteiger partial charge is 0.514 e. The van der Waals surface area contributed by atoms with Gasteiger partial charge in [0, 0.05) is 0 Å². The first-order chi connectivity index (χ1) is 8.25. The van der Waals surface area contributed by atoms with Crippen LogP contribution in [0, 0.1) is 0 Å². The lowest BCUT2D eigenvalue weighted by Crippen LogP contribution is -2.41. The van der Waals surface area contributed by atoms with Crippen molar-refractivity contribution in [1.82, 2.24) is 4.98 Å². The molecule has 1 aromatic heterocycles. The van der Waals surface area contributed by atoms with Crippen LogP contribution in [0.4, 0.5) is 5.82 Å². The van der Waals surface area contributed by atoms with Gasteiger partial charge in [0.25, 0.3) is 0 Å². The maximum absolute atomic E-state index is 9.17. The Hall–Kier alpha value is -1.11. The molecule has 1 saturated heterocycles. The molecule has 0 atom stereocenters. The Kier molecular flexibility index (Phi) is 3.13. The Bertz CT molecular complexity index is 447. The molecular formula is C12H19BN2O3. The zero-order chi connectivity index (χ0) is 13.6. The SMILES string of the molecule is CC1(C)OB(c2cc(CO)cc(N)n2)OC1(C)C. The minimum absolute atomic E-state index is 0.0841. The van der Waals surface area contributed by atoms with E-state index < -0.39 is 18.3 Å². The van der Waals surface area contributed by atoms with Crippen molar-refractivity contribution in [3.8, 4) is 0 Å². The summed E-state index contributed by atoms with van der Waals surface area (Å²) in [5.41, 5.74) is 6.17. The van der Waals surface area contributed by atoms with Gasteiger partial charge in [-0.3, -0.25) is 0 Å². The fraction of sp³-hybridized carbons (Fsp3) is 0.583. The molecule has 0 amide bonds. The molecule has 5 nitrogen and oxygen atoms in total. The number of aromatic nitrogens is 1. The van der Waals surface area contributed by atoms with E-state index in [1.807, 2.05) is 27.7 Å². The first-order valence-electron chi connectivity index (χ1n) is 5.98. The predicted molar refractivity (Wildman–Crippen MR) is 70.3 cm³/mol. The number of aliphatic hydroxyl groups is 1. The Morgan fingerprint density at radius 2 is 1.78 bits per heavy atom. The monoisotopic (exact) mass is 250 g/mol. The van der Waals surface area contributed by atoms with Crippen LogP contribution in [-0.4, -0.2) is 28.4 Å². The Morgan fingerprint density at radius 1 is 1.22 bits per heavy atom. The molecule has 0 bridgehead atoms. The summed E-state index contributed by atoms with van der Waals surface area (Å²) >= 11 is 0. The van der Waals surface area contributed by atoms with E-state index in [0.717, 1.165) is 0 Å². The lowest BCUT2D eigenvalue weighted by atomic mass is 9.83. The molecule has 1 aliphatic heterocycles. The van der Waals surface area contributed by atoms with Crippen molar-refractivity contribution in [3.05, 3.63) is 17.7 Å². The van der Waals surface area contributed by atoms with Crippen LogP contribution in [0.5, 0.6) is 0 Å². The van der Waals surface area contributed by atoms with Crippen molar-refractivity contribution in [2.24, 2.45) is 0 Å². The number of aliphatic hydroxyl groups excluding tert-OH is 1. The highest BCUT2D eigenvalue weighted by molar-refractivity contribution is 6.61. The molecule has 0 radical (unpaired) electrons. The van der Waals surface area contributed by atoms with Crippen molar-refractivity contribution in [2.45, 2.75) is 45.5 Å². The summed E-state index contributed by atoms with van der Waals surface area (Å²) in [4.78, 5) is 4.21. The molecule has 2 rings (SSSR count).